The molecule has 0 saturated carbocycles. The first-order valence-corrected chi connectivity index (χ1v) is 7.69. The van der Waals surface area contributed by atoms with Crippen LogP contribution in [0.2, 0.25) is 0 Å². The molecule has 3 heteroatoms. The number of hydrogen-bond acceptors (Lipinski definition) is 3. The van der Waals surface area contributed by atoms with E-state index in [2.05, 4.69) is 41.9 Å². The van der Waals surface area contributed by atoms with E-state index in [4.69, 9.17) is 0 Å². The molecule has 0 atom stereocenters. The Morgan fingerprint density at radius 3 is 2.00 bits per heavy atom. The summed E-state index contributed by atoms with van der Waals surface area (Å²) in [5.41, 5.74) is 0. The van der Waals surface area contributed by atoms with Crippen molar-refractivity contribution < 1.29 is 0 Å². The predicted octanol–water partition coefficient (Wildman–Crippen LogP) is 3.71. The van der Waals surface area contributed by atoms with Crippen LogP contribution in [0, 0.1) is 0 Å². The third-order valence-electron chi connectivity index (χ3n) is 3.29. The maximum absolute atomic E-state index is 4.23. The normalized spacial score (nSPS) is 14.9. The Bertz CT molecular complexity index is 206. The van der Waals surface area contributed by atoms with E-state index in [1.54, 1.807) is 0 Å². The number of hydrogen-bond donors (Lipinski definition) is 1. The molecule has 0 radical (unpaired) electrons. The zero-order chi connectivity index (χ0) is 12.3. The van der Waals surface area contributed by atoms with Gasteiger partial charge in [-0.1, -0.05) is 38.5 Å². The number of nitrogens with zero attached hydrogens (tertiary/aromatic N) is 2. The molecule has 0 N–H and O–H groups in total. The van der Waals surface area contributed by atoms with Crippen molar-refractivity contribution in [2.45, 2.75) is 51.4 Å². The van der Waals surface area contributed by atoms with E-state index in [1.165, 1.54) is 57.9 Å². The molecule has 0 aromatic carbocycles. The van der Waals surface area contributed by atoms with E-state index < -0.39 is 0 Å². The lowest BCUT2D eigenvalue weighted by Gasteiger charge is -2.17. The Balaban J connectivity index is 1.77. The highest BCUT2D eigenvalue weighted by molar-refractivity contribution is 7.80. The maximum atomic E-state index is 4.23. The summed E-state index contributed by atoms with van der Waals surface area (Å²) in [4.78, 5) is 4.62. The predicted molar refractivity (Wildman–Crippen MR) is 79.3 cm³/mol. The summed E-state index contributed by atoms with van der Waals surface area (Å²) in [6.45, 7) is 2.30. The minimum absolute atomic E-state index is 1.05. The van der Waals surface area contributed by atoms with Crippen molar-refractivity contribution in [2.24, 2.45) is 0 Å². The largest absolute Gasteiger partial charge is 0.362 e. The van der Waals surface area contributed by atoms with Crippen molar-refractivity contribution in [1.29, 1.82) is 0 Å². The van der Waals surface area contributed by atoms with Crippen LogP contribution < -0.4 is 0 Å². The van der Waals surface area contributed by atoms with Gasteiger partial charge in [0.25, 0.3) is 0 Å². The standard InChI is InChI=1S/C14H28N2S/c1-15-11-12-16(14-15)10-8-6-4-2-3-5-7-9-13-17/h11-12,17H,2-10,13-14H2,1H3. The molecule has 0 bridgehead atoms. The van der Waals surface area contributed by atoms with Gasteiger partial charge in [0.1, 0.15) is 0 Å². The monoisotopic (exact) mass is 256 g/mol. The number of rotatable bonds is 10. The Morgan fingerprint density at radius 2 is 1.47 bits per heavy atom. The average Bonchev–Trinajstić information content (AvgIpc) is 2.73. The van der Waals surface area contributed by atoms with E-state index in [0.29, 0.717) is 0 Å². The maximum Gasteiger partial charge on any atom is 0.0890 e. The Labute approximate surface area is 112 Å². The summed E-state index contributed by atoms with van der Waals surface area (Å²) in [5.74, 6) is 1.05. The molecule has 1 rings (SSSR count). The van der Waals surface area contributed by atoms with Gasteiger partial charge in [-0.25, -0.2) is 0 Å². The van der Waals surface area contributed by atoms with Crippen LogP contribution in [-0.2, 0) is 0 Å². The SMILES string of the molecule is CN1C=CN(CCCCCCCCCCS)C1. The smallest absolute Gasteiger partial charge is 0.0890 e. The second-order valence-corrected chi connectivity index (χ2v) is 5.51. The lowest BCUT2D eigenvalue weighted by molar-refractivity contribution is 0.290. The zero-order valence-corrected chi connectivity index (χ0v) is 12.2. The first-order chi connectivity index (χ1) is 8.33. The molecule has 0 aromatic heterocycles. The summed E-state index contributed by atoms with van der Waals surface area (Å²) < 4.78 is 0. The summed E-state index contributed by atoms with van der Waals surface area (Å²) in [5, 5.41) is 0. The molecule has 0 amide bonds. The lowest BCUT2D eigenvalue weighted by atomic mass is 10.1. The van der Waals surface area contributed by atoms with Gasteiger partial charge in [-0.05, 0) is 18.6 Å². The minimum atomic E-state index is 1.05. The van der Waals surface area contributed by atoms with Gasteiger partial charge in [0.15, 0.2) is 0 Å². The van der Waals surface area contributed by atoms with E-state index in [0.717, 1.165) is 12.4 Å². The highest BCUT2D eigenvalue weighted by Gasteiger charge is 2.06. The molecule has 2 nitrogen and oxygen atoms in total. The fraction of sp³-hybridized carbons (Fsp3) is 0.857. The zero-order valence-electron chi connectivity index (χ0n) is 11.3. The molecule has 100 valence electrons. The lowest BCUT2D eigenvalue weighted by Crippen LogP contribution is -2.23. The Hall–Kier alpha value is -0.310. The van der Waals surface area contributed by atoms with Crippen LogP contribution in [0.5, 0.6) is 0 Å². The summed E-state index contributed by atoms with van der Waals surface area (Å²) in [6.07, 6.45) is 15.4. The van der Waals surface area contributed by atoms with Gasteiger partial charge in [0.2, 0.25) is 0 Å². The van der Waals surface area contributed by atoms with E-state index in [9.17, 15) is 0 Å². The molecule has 0 fully saturated rings. The summed E-state index contributed by atoms with van der Waals surface area (Å²) in [6, 6.07) is 0. The molecular weight excluding hydrogens is 228 g/mol. The third-order valence-corrected chi connectivity index (χ3v) is 3.61. The molecule has 1 aliphatic heterocycles. The molecule has 0 aromatic rings. The summed E-state index contributed by atoms with van der Waals surface area (Å²) in [7, 11) is 2.13. The number of unbranched alkanes of at least 4 members (excludes halogenated alkanes) is 7. The molecule has 0 unspecified atom stereocenters. The van der Waals surface area contributed by atoms with Crippen LogP contribution in [0.3, 0.4) is 0 Å². The first-order valence-electron chi connectivity index (χ1n) is 7.06. The second kappa shape index (κ2) is 9.69. The van der Waals surface area contributed by atoms with Gasteiger partial charge in [0.05, 0.1) is 6.67 Å². The minimum Gasteiger partial charge on any atom is -0.362 e. The van der Waals surface area contributed by atoms with Gasteiger partial charge in [-0.2, -0.15) is 12.6 Å². The van der Waals surface area contributed by atoms with Crippen molar-refractivity contribution in [2.75, 3.05) is 26.0 Å². The molecule has 1 heterocycles. The molecule has 1 aliphatic rings. The quantitative estimate of drug-likeness (QED) is 0.470. The molecule has 0 aliphatic carbocycles. The first kappa shape index (κ1) is 14.7. The third kappa shape index (κ3) is 7.58. The fourth-order valence-electron chi connectivity index (χ4n) is 2.22. The molecule has 0 spiro atoms. The van der Waals surface area contributed by atoms with Crippen LogP contribution in [0.25, 0.3) is 0 Å². The van der Waals surface area contributed by atoms with Crippen molar-refractivity contribution in [3.8, 4) is 0 Å². The van der Waals surface area contributed by atoms with Gasteiger partial charge in [0, 0.05) is 26.0 Å². The van der Waals surface area contributed by atoms with Gasteiger partial charge in [-0.3, -0.25) is 0 Å². The highest BCUT2D eigenvalue weighted by Crippen LogP contribution is 2.10. The number of thiol groups is 1. The fourth-order valence-corrected chi connectivity index (χ4v) is 2.45. The topological polar surface area (TPSA) is 6.48 Å². The van der Waals surface area contributed by atoms with Crippen LogP contribution in [0.1, 0.15) is 51.4 Å². The van der Waals surface area contributed by atoms with Crippen molar-refractivity contribution in [1.82, 2.24) is 9.80 Å². The Morgan fingerprint density at radius 1 is 0.882 bits per heavy atom. The van der Waals surface area contributed by atoms with Crippen molar-refractivity contribution in [3.05, 3.63) is 12.4 Å². The van der Waals surface area contributed by atoms with E-state index >= 15 is 0 Å². The van der Waals surface area contributed by atoms with Crippen LogP contribution >= 0.6 is 12.6 Å². The second-order valence-electron chi connectivity index (χ2n) is 5.06. The Kier molecular flexibility index (Phi) is 8.41. The van der Waals surface area contributed by atoms with Crippen LogP contribution in [0.4, 0.5) is 0 Å². The van der Waals surface area contributed by atoms with E-state index in [-0.39, 0.29) is 0 Å². The van der Waals surface area contributed by atoms with Gasteiger partial charge >= 0.3 is 0 Å². The molecule has 17 heavy (non-hydrogen) atoms. The van der Waals surface area contributed by atoms with Gasteiger partial charge in [-0.15, -0.1) is 0 Å². The molecule has 0 saturated heterocycles. The summed E-state index contributed by atoms with van der Waals surface area (Å²) >= 11 is 4.23. The average molecular weight is 256 g/mol. The van der Waals surface area contributed by atoms with Crippen molar-refractivity contribution >= 4 is 12.6 Å². The van der Waals surface area contributed by atoms with Crippen LogP contribution in [0.15, 0.2) is 12.4 Å². The molecular formula is C14H28N2S. The van der Waals surface area contributed by atoms with Crippen molar-refractivity contribution in [3.63, 3.8) is 0 Å². The van der Waals surface area contributed by atoms with Crippen LogP contribution in [-0.4, -0.2) is 35.8 Å². The highest BCUT2D eigenvalue weighted by atomic mass is 32.1. The van der Waals surface area contributed by atoms with E-state index in [1.807, 2.05) is 0 Å². The van der Waals surface area contributed by atoms with Gasteiger partial charge < -0.3 is 9.80 Å².